The molecule has 3 aliphatic rings. The maximum atomic E-state index is 14.3. The van der Waals surface area contributed by atoms with Gasteiger partial charge < -0.3 is 24.6 Å². The molecule has 0 radical (unpaired) electrons. The number of pyridine rings is 1. The van der Waals surface area contributed by atoms with E-state index in [2.05, 4.69) is 5.32 Å². The summed E-state index contributed by atoms with van der Waals surface area (Å²) in [4.78, 5) is 40.8. The van der Waals surface area contributed by atoms with Crippen molar-refractivity contribution in [1.29, 1.82) is 0 Å². The Morgan fingerprint density at radius 1 is 1.29 bits per heavy atom. The van der Waals surface area contributed by atoms with Gasteiger partial charge in [0.1, 0.15) is 17.2 Å². The van der Waals surface area contributed by atoms with Crippen LogP contribution in [0, 0.1) is 18.6 Å². The number of nitrogens with zero attached hydrogens (tertiary/aromatic N) is 2. The van der Waals surface area contributed by atoms with Crippen LogP contribution in [0.3, 0.4) is 0 Å². The molecular weight excluding hydrogens is 448 g/mol. The molecule has 180 valence electrons. The van der Waals surface area contributed by atoms with Gasteiger partial charge in [-0.3, -0.25) is 14.4 Å². The van der Waals surface area contributed by atoms with Gasteiger partial charge in [0.15, 0.2) is 11.4 Å². The highest BCUT2D eigenvalue weighted by Gasteiger charge is 2.55. The fourth-order valence-electron chi connectivity index (χ4n) is 5.56. The number of nitrogens with one attached hydrogen (secondary N) is 1. The Morgan fingerprint density at radius 3 is 2.88 bits per heavy atom. The predicted molar refractivity (Wildman–Crippen MR) is 117 cm³/mol. The molecule has 0 saturated carbocycles. The molecule has 1 spiro atoms. The van der Waals surface area contributed by atoms with E-state index in [9.17, 15) is 28.3 Å². The van der Waals surface area contributed by atoms with Gasteiger partial charge >= 0.3 is 0 Å². The topological polar surface area (TPSA) is 101 Å². The van der Waals surface area contributed by atoms with Crippen LogP contribution in [0.1, 0.15) is 63.7 Å². The fourth-order valence-corrected chi connectivity index (χ4v) is 5.56. The Balaban J connectivity index is 1.52. The first-order valence-corrected chi connectivity index (χ1v) is 11.4. The van der Waals surface area contributed by atoms with E-state index in [4.69, 9.17) is 4.74 Å². The summed E-state index contributed by atoms with van der Waals surface area (Å²) in [7, 11) is 0. The Bertz CT molecular complexity index is 1250. The van der Waals surface area contributed by atoms with Crippen molar-refractivity contribution in [2.75, 3.05) is 19.8 Å². The molecule has 0 bridgehead atoms. The summed E-state index contributed by atoms with van der Waals surface area (Å²) in [6.07, 6.45) is 4.34. The number of amides is 2. The summed E-state index contributed by atoms with van der Waals surface area (Å²) >= 11 is 0. The van der Waals surface area contributed by atoms with E-state index in [-0.39, 0.29) is 35.0 Å². The van der Waals surface area contributed by atoms with Gasteiger partial charge in [-0.25, -0.2) is 8.78 Å². The van der Waals surface area contributed by atoms with Crippen molar-refractivity contribution < 1.29 is 28.2 Å². The lowest BCUT2D eigenvalue weighted by Gasteiger charge is -2.57. The number of piperidine rings is 1. The standard InChI is InChI=1S/C24H25F2N3O5/c1-13-16(25)5-4-14(18(13)26)10-27-22(32)15-11-28-17-6-9-34-12-24(17)7-2-3-8-29(24)23(33)19(28)21(31)20(15)30/h4-5,11,17,31H,2-3,6-10,12H2,1H3,(H,27,32)/t17-,24+/m0/s1. The number of benzene rings is 1. The summed E-state index contributed by atoms with van der Waals surface area (Å²) < 4.78 is 35.1. The van der Waals surface area contributed by atoms with E-state index in [1.54, 1.807) is 9.47 Å². The van der Waals surface area contributed by atoms with Crippen molar-refractivity contribution >= 4 is 11.8 Å². The first kappa shape index (κ1) is 22.5. The first-order chi connectivity index (χ1) is 16.3. The van der Waals surface area contributed by atoms with E-state index >= 15 is 0 Å². The number of aromatic nitrogens is 1. The van der Waals surface area contributed by atoms with Crippen molar-refractivity contribution in [3.05, 3.63) is 62.6 Å². The van der Waals surface area contributed by atoms with E-state index in [0.29, 0.717) is 26.2 Å². The summed E-state index contributed by atoms with van der Waals surface area (Å²) in [5.41, 5.74) is -2.13. The highest BCUT2D eigenvalue weighted by molar-refractivity contribution is 5.99. The van der Waals surface area contributed by atoms with Crippen molar-refractivity contribution in [2.24, 2.45) is 0 Å². The zero-order valence-corrected chi connectivity index (χ0v) is 18.7. The van der Waals surface area contributed by atoms with Crippen molar-refractivity contribution in [3.63, 3.8) is 0 Å². The number of hydrogen-bond donors (Lipinski definition) is 2. The summed E-state index contributed by atoms with van der Waals surface area (Å²) in [5.74, 6) is -3.52. The highest BCUT2D eigenvalue weighted by Crippen LogP contribution is 2.47. The normalized spacial score (nSPS) is 23.7. The third-order valence-electron chi connectivity index (χ3n) is 7.37. The molecule has 4 heterocycles. The Kier molecular flexibility index (Phi) is 5.43. The lowest BCUT2D eigenvalue weighted by Crippen LogP contribution is -2.66. The largest absolute Gasteiger partial charge is 0.503 e. The second-order valence-electron chi connectivity index (χ2n) is 9.18. The van der Waals surface area contributed by atoms with Crippen molar-refractivity contribution in [3.8, 4) is 5.75 Å². The SMILES string of the molecule is Cc1c(F)ccc(CNC(=O)c2cn3c(c(O)c2=O)C(=O)N2CCCC[C@]24COCC[C@H]34)c1F. The molecule has 2 atom stereocenters. The van der Waals surface area contributed by atoms with Crippen LogP contribution in [0.2, 0.25) is 0 Å². The van der Waals surface area contributed by atoms with Gasteiger partial charge in [0.05, 0.1) is 18.2 Å². The smallest absolute Gasteiger partial charge is 0.275 e. The van der Waals surface area contributed by atoms with E-state index in [1.807, 2.05) is 0 Å². The molecule has 2 N–H and O–H groups in total. The lowest BCUT2D eigenvalue weighted by molar-refractivity contribution is -0.0944. The van der Waals surface area contributed by atoms with Gasteiger partial charge in [-0.2, -0.15) is 0 Å². The second kappa shape index (κ2) is 8.19. The molecule has 2 fully saturated rings. The monoisotopic (exact) mass is 473 g/mol. The molecule has 1 aromatic carbocycles. The molecular formula is C24H25F2N3O5. The quantitative estimate of drug-likeness (QED) is 0.713. The molecule has 1 aromatic heterocycles. The number of aromatic hydroxyl groups is 1. The molecule has 3 aliphatic heterocycles. The minimum atomic E-state index is -0.968. The molecule has 10 heteroatoms. The van der Waals surface area contributed by atoms with Crippen LogP contribution in [-0.2, 0) is 11.3 Å². The minimum absolute atomic E-state index is 0.0611. The van der Waals surface area contributed by atoms with Crippen LogP contribution in [-0.4, -0.2) is 51.7 Å². The molecule has 2 aromatic rings. The van der Waals surface area contributed by atoms with Crippen molar-refractivity contribution in [2.45, 2.75) is 50.7 Å². The van der Waals surface area contributed by atoms with Gasteiger partial charge in [0, 0.05) is 37.0 Å². The average Bonchev–Trinajstić information content (AvgIpc) is 2.83. The number of ether oxygens (including phenoxy) is 1. The van der Waals surface area contributed by atoms with Gasteiger partial charge in [-0.1, -0.05) is 6.07 Å². The van der Waals surface area contributed by atoms with Crippen molar-refractivity contribution in [1.82, 2.24) is 14.8 Å². The first-order valence-electron chi connectivity index (χ1n) is 11.4. The van der Waals surface area contributed by atoms with Crippen LogP contribution in [0.4, 0.5) is 8.78 Å². The van der Waals surface area contributed by atoms with E-state index < -0.39 is 40.2 Å². The third-order valence-corrected chi connectivity index (χ3v) is 7.37. The maximum Gasteiger partial charge on any atom is 0.275 e. The molecule has 0 unspecified atom stereocenters. The second-order valence-corrected chi connectivity index (χ2v) is 9.18. The predicted octanol–water partition coefficient (Wildman–Crippen LogP) is 2.41. The van der Waals surface area contributed by atoms with E-state index in [1.165, 1.54) is 19.2 Å². The summed E-state index contributed by atoms with van der Waals surface area (Å²) in [6, 6.07) is 2.06. The maximum absolute atomic E-state index is 14.3. The Hall–Kier alpha value is -3.27. The number of carbonyl (C=O) groups excluding carboxylic acids is 2. The van der Waals surface area contributed by atoms with Crippen LogP contribution in [0.5, 0.6) is 5.75 Å². The van der Waals surface area contributed by atoms with E-state index in [0.717, 1.165) is 25.3 Å². The van der Waals surface area contributed by atoms with Crippen LogP contribution in [0.15, 0.2) is 23.1 Å². The summed E-state index contributed by atoms with van der Waals surface area (Å²) in [6.45, 7) is 2.32. The molecule has 0 aliphatic carbocycles. The number of fused-ring (bicyclic) bond motifs is 2. The van der Waals surface area contributed by atoms with Gasteiger partial charge in [-0.05, 0) is 38.7 Å². The van der Waals surface area contributed by atoms with Gasteiger partial charge in [-0.15, -0.1) is 0 Å². The van der Waals surface area contributed by atoms with Crippen LogP contribution in [0.25, 0.3) is 0 Å². The Labute approximate surface area is 194 Å². The number of rotatable bonds is 3. The molecule has 5 rings (SSSR count). The zero-order valence-electron chi connectivity index (χ0n) is 18.7. The van der Waals surface area contributed by atoms with Crippen LogP contribution < -0.4 is 10.7 Å². The van der Waals surface area contributed by atoms with Gasteiger partial charge in [0.2, 0.25) is 5.43 Å². The number of carbonyl (C=O) groups is 2. The zero-order chi connectivity index (χ0) is 24.2. The summed E-state index contributed by atoms with van der Waals surface area (Å²) in [5, 5.41) is 13.2. The molecule has 2 saturated heterocycles. The molecule has 34 heavy (non-hydrogen) atoms. The van der Waals surface area contributed by atoms with Gasteiger partial charge in [0.25, 0.3) is 11.8 Å². The average molecular weight is 473 g/mol. The lowest BCUT2D eigenvalue weighted by atomic mass is 9.75. The molecule has 2 amide bonds. The number of hydrogen-bond acceptors (Lipinski definition) is 5. The minimum Gasteiger partial charge on any atom is -0.503 e. The third kappa shape index (κ3) is 3.23. The Morgan fingerprint density at radius 2 is 2.09 bits per heavy atom. The number of halogens is 2. The highest BCUT2D eigenvalue weighted by atomic mass is 19.1. The molecule has 8 nitrogen and oxygen atoms in total. The fraction of sp³-hybridized carbons (Fsp3) is 0.458. The van der Waals surface area contributed by atoms with Crippen LogP contribution >= 0.6 is 0 Å².